The van der Waals surface area contributed by atoms with E-state index in [0.29, 0.717) is 0 Å². The molecule has 0 bridgehead atoms. The van der Waals surface area contributed by atoms with E-state index in [0.717, 1.165) is 16.7 Å². The summed E-state index contributed by atoms with van der Waals surface area (Å²) in [5.74, 6) is 0. The topological polar surface area (TPSA) is 172 Å². The van der Waals surface area contributed by atoms with Gasteiger partial charge in [0.2, 0.25) is 0 Å². The van der Waals surface area contributed by atoms with Gasteiger partial charge in [-0.05, 0) is 57.2 Å². The molecule has 0 saturated carbocycles. The minimum absolute atomic E-state index is 0. The van der Waals surface area contributed by atoms with E-state index in [2.05, 4.69) is 0 Å². The van der Waals surface area contributed by atoms with Crippen molar-refractivity contribution in [2.45, 2.75) is 35.5 Å². The van der Waals surface area contributed by atoms with Gasteiger partial charge in [-0.25, -0.2) is 25.3 Å². The molecule has 0 unspecified atom stereocenters. The number of benzene rings is 3. The Bertz CT molecular complexity index is 1190. The first kappa shape index (κ1) is 32.9. The molecule has 0 saturated heterocycles. The van der Waals surface area contributed by atoms with Gasteiger partial charge in [0.15, 0.2) is 0 Å². The van der Waals surface area contributed by atoms with Crippen molar-refractivity contribution in [1.29, 1.82) is 0 Å². The maximum absolute atomic E-state index is 10.4. The van der Waals surface area contributed by atoms with Gasteiger partial charge in [-0.3, -0.25) is 0 Å². The summed E-state index contributed by atoms with van der Waals surface area (Å²) >= 11 is 0. The second-order valence-electron chi connectivity index (χ2n) is 6.80. The van der Waals surface area contributed by atoms with Crippen molar-refractivity contribution >= 4 is 30.4 Å². The normalized spacial score (nSPS) is 11.1. The Morgan fingerprint density at radius 3 is 0.676 bits per heavy atom. The van der Waals surface area contributed by atoms with E-state index < -0.39 is 30.4 Å². The van der Waals surface area contributed by atoms with E-state index in [9.17, 15) is 38.9 Å². The molecule has 0 amide bonds. The molecule has 0 N–H and O–H groups in total. The minimum Gasteiger partial charge on any atom is -0.744 e. The zero-order chi connectivity index (χ0) is 25.4. The fourth-order valence-electron chi connectivity index (χ4n) is 2.11. The van der Waals surface area contributed by atoms with Crippen LogP contribution < -0.4 is 0 Å². The van der Waals surface area contributed by atoms with Gasteiger partial charge in [0.25, 0.3) is 0 Å². The Balaban J connectivity index is 0.000000473. The summed E-state index contributed by atoms with van der Waals surface area (Å²) in [7, 11) is -12.8. The molecule has 0 aliphatic carbocycles. The van der Waals surface area contributed by atoms with Gasteiger partial charge in [0.05, 0.1) is 14.7 Å². The van der Waals surface area contributed by atoms with Gasteiger partial charge in [0.1, 0.15) is 30.4 Å². The molecule has 0 aliphatic heterocycles. The monoisotopic (exact) mass is 687 g/mol. The van der Waals surface area contributed by atoms with E-state index in [1.54, 1.807) is 36.4 Å². The molecule has 34 heavy (non-hydrogen) atoms. The average Bonchev–Trinajstić information content (AvgIpc) is 2.68. The van der Waals surface area contributed by atoms with Crippen molar-refractivity contribution in [3.05, 3.63) is 89.5 Å². The third-order valence-electron chi connectivity index (χ3n) is 3.93. The first-order valence-electron chi connectivity index (χ1n) is 9.08. The summed E-state index contributed by atoms with van der Waals surface area (Å²) in [4.78, 5) is -0.533. The Kier molecular flexibility index (Phi) is 13.4. The Labute approximate surface area is 238 Å². The van der Waals surface area contributed by atoms with Crippen molar-refractivity contribution in [2.24, 2.45) is 0 Å². The maximum Gasteiger partial charge on any atom is 3.00 e. The average molecular weight is 687 g/mol. The Morgan fingerprint density at radius 2 is 0.559 bits per heavy atom. The molecule has 3 aromatic carbocycles. The number of hydrogen-bond acceptors (Lipinski definition) is 9. The Hall–Kier alpha value is -1.09. The zero-order valence-electron chi connectivity index (χ0n) is 18.1. The van der Waals surface area contributed by atoms with Crippen LogP contribution in [0.5, 0.6) is 0 Å². The van der Waals surface area contributed by atoms with Gasteiger partial charge in [-0.1, -0.05) is 53.1 Å². The quantitative estimate of drug-likeness (QED) is 0.376. The predicted molar refractivity (Wildman–Crippen MR) is 117 cm³/mol. The molecule has 0 aliphatic rings. The van der Waals surface area contributed by atoms with Crippen LogP contribution in [0.25, 0.3) is 0 Å². The van der Waals surface area contributed by atoms with Crippen LogP contribution in [0.2, 0.25) is 0 Å². The molecule has 0 heterocycles. The van der Waals surface area contributed by atoms with Crippen LogP contribution in [-0.4, -0.2) is 38.9 Å². The molecule has 9 nitrogen and oxygen atoms in total. The van der Waals surface area contributed by atoms with Crippen LogP contribution in [0.15, 0.2) is 87.5 Å². The fourth-order valence-corrected chi connectivity index (χ4v) is 3.52. The summed E-state index contributed by atoms with van der Waals surface area (Å²) in [5.41, 5.74) is 2.78. The second-order valence-corrected chi connectivity index (χ2v) is 10.9. The molecule has 1 radical (unpaired) electrons. The third kappa shape index (κ3) is 12.6. The molecular formula is C21H21O9S3Yb. The molecule has 191 valence electrons. The fraction of sp³-hybridized carbons (Fsp3) is 0.143. The van der Waals surface area contributed by atoms with Crippen molar-refractivity contribution in [2.75, 3.05) is 0 Å². The predicted octanol–water partition coefficient (Wildman–Crippen LogP) is 2.70. The molecule has 0 atom stereocenters. The van der Waals surface area contributed by atoms with Gasteiger partial charge < -0.3 is 13.7 Å². The van der Waals surface area contributed by atoms with Crippen LogP contribution in [0, 0.1) is 67.7 Å². The van der Waals surface area contributed by atoms with Crippen LogP contribution >= 0.6 is 0 Å². The largest absolute Gasteiger partial charge is 3.00 e. The SMILES string of the molecule is Cc1ccc(S(=O)(=O)[O-])cc1.Cc1ccc(S(=O)(=O)[O-])cc1.Cc1ccc(S(=O)(=O)[O-])cc1.[Yb+3]. The van der Waals surface area contributed by atoms with E-state index in [-0.39, 0.29) is 61.6 Å². The minimum atomic E-state index is -4.27. The van der Waals surface area contributed by atoms with Crippen molar-refractivity contribution < 1.29 is 85.8 Å². The smallest absolute Gasteiger partial charge is 0.744 e. The van der Waals surface area contributed by atoms with Crippen LogP contribution in [0.4, 0.5) is 0 Å². The third-order valence-corrected chi connectivity index (χ3v) is 6.48. The van der Waals surface area contributed by atoms with Crippen LogP contribution in [0.1, 0.15) is 16.7 Å². The Morgan fingerprint density at radius 1 is 0.412 bits per heavy atom. The summed E-state index contributed by atoms with van der Waals surface area (Å²) < 4.78 is 93.5. The first-order chi connectivity index (χ1) is 15.0. The van der Waals surface area contributed by atoms with Gasteiger partial charge in [-0.15, -0.1) is 0 Å². The first-order valence-corrected chi connectivity index (χ1v) is 13.3. The van der Waals surface area contributed by atoms with Crippen LogP contribution in [-0.2, 0) is 30.4 Å². The molecule has 0 fully saturated rings. The summed E-state index contributed by atoms with van der Waals surface area (Å²) in [6.07, 6.45) is 0. The van der Waals surface area contributed by atoms with Crippen molar-refractivity contribution in [1.82, 2.24) is 0 Å². The molecule has 0 aromatic heterocycles. The van der Waals surface area contributed by atoms with Crippen molar-refractivity contribution in [3.8, 4) is 0 Å². The number of hydrogen-bond donors (Lipinski definition) is 0. The van der Waals surface area contributed by atoms with Gasteiger partial charge >= 0.3 is 46.9 Å². The second kappa shape index (κ2) is 13.9. The summed E-state index contributed by atoms with van der Waals surface area (Å²) in [6, 6.07) is 17.3. The van der Waals surface area contributed by atoms with Gasteiger partial charge in [0, 0.05) is 0 Å². The zero-order valence-corrected chi connectivity index (χ0v) is 22.3. The molecule has 0 spiro atoms. The number of rotatable bonds is 3. The van der Waals surface area contributed by atoms with E-state index >= 15 is 0 Å². The molecule has 3 rings (SSSR count). The molecule has 13 heteroatoms. The summed E-state index contributed by atoms with van der Waals surface area (Å²) in [6.45, 7) is 5.46. The van der Waals surface area contributed by atoms with E-state index in [4.69, 9.17) is 0 Å². The standard InChI is InChI=1S/3C7H8O3S.Yb/c3*1-6-2-4-7(5-3-6)11(8,9)10;/h3*2-5H,1H3,(H,8,9,10);/q;;;+3/p-3. The summed E-state index contributed by atoms with van der Waals surface area (Å²) in [5, 5.41) is 0. The van der Waals surface area contributed by atoms with Crippen molar-refractivity contribution in [3.63, 3.8) is 0 Å². The van der Waals surface area contributed by atoms with Gasteiger partial charge in [-0.2, -0.15) is 0 Å². The molecule has 3 aromatic rings. The van der Waals surface area contributed by atoms with E-state index in [1.807, 2.05) is 20.8 Å². The van der Waals surface area contributed by atoms with E-state index in [1.165, 1.54) is 36.4 Å². The molecular weight excluding hydrogens is 665 g/mol. The maximum atomic E-state index is 10.4. The van der Waals surface area contributed by atoms with Crippen LogP contribution in [0.3, 0.4) is 0 Å². The number of aryl methyl sites for hydroxylation is 3.